The Morgan fingerprint density at radius 1 is 1.39 bits per heavy atom. The van der Waals surface area contributed by atoms with E-state index in [4.69, 9.17) is 4.74 Å². The lowest BCUT2D eigenvalue weighted by molar-refractivity contribution is -0.0148. The summed E-state index contributed by atoms with van der Waals surface area (Å²) in [5, 5.41) is 3.53. The fourth-order valence-corrected chi connectivity index (χ4v) is 1.75. The number of hydrogen-bond acceptors (Lipinski definition) is 3. The minimum Gasteiger partial charge on any atom is -0.374 e. The van der Waals surface area contributed by atoms with Crippen LogP contribution < -0.4 is 5.32 Å². The standard InChI is InChI=1S/C15H26N2O/c1-6-8-17-14(11-18-15(3,4)5)13-10-16-9-7-12(13)2/h7,9-10,14,17H,6,8,11H2,1-5H3. The van der Waals surface area contributed by atoms with Crippen LogP contribution in [0.5, 0.6) is 0 Å². The van der Waals surface area contributed by atoms with Crippen LogP contribution in [-0.4, -0.2) is 23.7 Å². The molecule has 1 aromatic heterocycles. The highest BCUT2D eigenvalue weighted by Gasteiger charge is 2.17. The first-order chi connectivity index (χ1) is 8.44. The number of rotatable bonds is 6. The molecule has 1 N–H and O–H groups in total. The fourth-order valence-electron chi connectivity index (χ4n) is 1.75. The van der Waals surface area contributed by atoms with Crippen LogP contribution in [0.1, 0.15) is 51.3 Å². The predicted molar refractivity (Wildman–Crippen MR) is 75.7 cm³/mol. The maximum atomic E-state index is 5.91. The summed E-state index contributed by atoms with van der Waals surface area (Å²) in [6.45, 7) is 12.2. The van der Waals surface area contributed by atoms with E-state index in [-0.39, 0.29) is 11.6 Å². The van der Waals surface area contributed by atoms with Gasteiger partial charge in [0.15, 0.2) is 0 Å². The van der Waals surface area contributed by atoms with Crippen molar-refractivity contribution in [2.75, 3.05) is 13.2 Å². The molecule has 0 saturated carbocycles. The van der Waals surface area contributed by atoms with Gasteiger partial charge in [-0.05, 0) is 57.9 Å². The lowest BCUT2D eigenvalue weighted by atomic mass is 10.0. The van der Waals surface area contributed by atoms with Crippen LogP contribution in [0.4, 0.5) is 0 Å². The summed E-state index contributed by atoms with van der Waals surface area (Å²) in [4.78, 5) is 4.22. The van der Waals surface area contributed by atoms with Crippen LogP contribution in [0.3, 0.4) is 0 Å². The summed E-state index contributed by atoms with van der Waals surface area (Å²) in [6, 6.07) is 2.27. The Morgan fingerprint density at radius 3 is 2.67 bits per heavy atom. The van der Waals surface area contributed by atoms with E-state index >= 15 is 0 Å². The average molecular weight is 250 g/mol. The highest BCUT2D eigenvalue weighted by Crippen LogP contribution is 2.19. The van der Waals surface area contributed by atoms with Crippen molar-refractivity contribution in [2.24, 2.45) is 0 Å². The molecule has 1 heterocycles. The second-order valence-corrected chi connectivity index (χ2v) is 5.66. The second kappa shape index (κ2) is 6.86. The lowest BCUT2D eigenvalue weighted by Gasteiger charge is -2.26. The maximum absolute atomic E-state index is 5.91. The smallest absolute Gasteiger partial charge is 0.0669 e. The molecule has 0 amide bonds. The third kappa shape index (κ3) is 5.15. The van der Waals surface area contributed by atoms with Crippen LogP contribution in [0.2, 0.25) is 0 Å². The predicted octanol–water partition coefficient (Wildman–Crippen LogP) is 3.25. The van der Waals surface area contributed by atoms with Gasteiger partial charge in [-0.3, -0.25) is 4.98 Å². The van der Waals surface area contributed by atoms with Crippen molar-refractivity contribution >= 4 is 0 Å². The van der Waals surface area contributed by atoms with Gasteiger partial charge < -0.3 is 10.1 Å². The average Bonchev–Trinajstić information content (AvgIpc) is 2.29. The number of hydrogen-bond donors (Lipinski definition) is 1. The Bertz CT molecular complexity index is 358. The van der Waals surface area contributed by atoms with Gasteiger partial charge in [0.05, 0.1) is 18.2 Å². The van der Waals surface area contributed by atoms with Crippen molar-refractivity contribution in [1.82, 2.24) is 10.3 Å². The van der Waals surface area contributed by atoms with Gasteiger partial charge in [0.2, 0.25) is 0 Å². The van der Waals surface area contributed by atoms with Crippen molar-refractivity contribution in [3.63, 3.8) is 0 Å². The van der Waals surface area contributed by atoms with Crippen molar-refractivity contribution in [2.45, 2.75) is 52.7 Å². The van der Waals surface area contributed by atoms with Gasteiger partial charge in [-0.1, -0.05) is 6.92 Å². The molecule has 0 fully saturated rings. The molecule has 1 unspecified atom stereocenters. The summed E-state index contributed by atoms with van der Waals surface area (Å²) in [7, 11) is 0. The highest BCUT2D eigenvalue weighted by molar-refractivity contribution is 5.25. The van der Waals surface area contributed by atoms with Crippen LogP contribution >= 0.6 is 0 Å². The summed E-state index contributed by atoms with van der Waals surface area (Å²) >= 11 is 0. The molecule has 3 nitrogen and oxygen atoms in total. The molecule has 0 aliphatic rings. The van der Waals surface area contributed by atoms with Crippen LogP contribution in [0, 0.1) is 6.92 Å². The Labute approximate surface area is 111 Å². The number of pyridine rings is 1. The highest BCUT2D eigenvalue weighted by atomic mass is 16.5. The lowest BCUT2D eigenvalue weighted by Crippen LogP contribution is -2.31. The molecule has 102 valence electrons. The summed E-state index contributed by atoms with van der Waals surface area (Å²) in [6.07, 6.45) is 4.89. The normalized spacial score (nSPS) is 13.6. The summed E-state index contributed by atoms with van der Waals surface area (Å²) in [5.41, 5.74) is 2.38. The molecular formula is C15H26N2O. The minimum atomic E-state index is -0.109. The molecule has 18 heavy (non-hydrogen) atoms. The molecule has 0 spiro atoms. The molecule has 1 aromatic rings. The van der Waals surface area contributed by atoms with Crippen LogP contribution in [-0.2, 0) is 4.74 Å². The van der Waals surface area contributed by atoms with E-state index in [2.05, 4.69) is 44.9 Å². The van der Waals surface area contributed by atoms with Crippen molar-refractivity contribution in [3.8, 4) is 0 Å². The monoisotopic (exact) mass is 250 g/mol. The first-order valence-corrected chi connectivity index (χ1v) is 6.72. The summed E-state index contributed by atoms with van der Waals surface area (Å²) < 4.78 is 5.91. The molecule has 0 saturated heterocycles. The summed E-state index contributed by atoms with van der Waals surface area (Å²) in [5.74, 6) is 0. The van der Waals surface area contributed by atoms with Gasteiger partial charge in [0, 0.05) is 12.4 Å². The minimum absolute atomic E-state index is 0.109. The van der Waals surface area contributed by atoms with Gasteiger partial charge in [-0.2, -0.15) is 0 Å². The molecular weight excluding hydrogens is 224 g/mol. The second-order valence-electron chi connectivity index (χ2n) is 5.66. The van der Waals surface area contributed by atoms with E-state index in [0.29, 0.717) is 6.61 Å². The zero-order valence-corrected chi connectivity index (χ0v) is 12.3. The van der Waals surface area contributed by atoms with Gasteiger partial charge in [0.1, 0.15) is 0 Å². The largest absolute Gasteiger partial charge is 0.374 e. The van der Waals surface area contributed by atoms with Crippen LogP contribution in [0.25, 0.3) is 0 Å². The van der Waals surface area contributed by atoms with Crippen LogP contribution in [0.15, 0.2) is 18.5 Å². The van der Waals surface area contributed by atoms with Crippen molar-refractivity contribution in [3.05, 3.63) is 29.6 Å². The molecule has 1 atom stereocenters. The van der Waals surface area contributed by atoms with Gasteiger partial charge in [-0.25, -0.2) is 0 Å². The van der Waals surface area contributed by atoms with Crippen molar-refractivity contribution in [1.29, 1.82) is 0 Å². The van der Waals surface area contributed by atoms with E-state index in [1.54, 1.807) is 0 Å². The van der Waals surface area contributed by atoms with E-state index < -0.39 is 0 Å². The number of ether oxygens (including phenoxy) is 1. The van der Waals surface area contributed by atoms with Gasteiger partial charge >= 0.3 is 0 Å². The molecule has 1 rings (SSSR count). The Morgan fingerprint density at radius 2 is 2.11 bits per heavy atom. The third-order valence-electron chi connectivity index (χ3n) is 2.78. The quantitative estimate of drug-likeness (QED) is 0.841. The van der Waals surface area contributed by atoms with Gasteiger partial charge in [0.25, 0.3) is 0 Å². The van der Waals surface area contributed by atoms with E-state index in [0.717, 1.165) is 13.0 Å². The molecule has 0 radical (unpaired) electrons. The molecule has 3 heteroatoms. The topological polar surface area (TPSA) is 34.1 Å². The zero-order valence-electron chi connectivity index (χ0n) is 12.3. The SMILES string of the molecule is CCCNC(COC(C)(C)C)c1cnccc1C. The van der Waals surface area contributed by atoms with E-state index in [1.807, 2.05) is 18.5 Å². The number of aryl methyl sites for hydroxylation is 1. The van der Waals surface area contributed by atoms with Crippen molar-refractivity contribution < 1.29 is 4.74 Å². The Hall–Kier alpha value is -0.930. The number of nitrogens with one attached hydrogen (secondary N) is 1. The number of aromatic nitrogens is 1. The maximum Gasteiger partial charge on any atom is 0.0669 e. The third-order valence-corrected chi connectivity index (χ3v) is 2.78. The van der Waals surface area contributed by atoms with E-state index in [1.165, 1.54) is 11.1 Å². The van der Waals surface area contributed by atoms with E-state index in [9.17, 15) is 0 Å². The molecule has 0 aromatic carbocycles. The first-order valence-electron chi connectivity index (χ1n) is 6.72. The number of nitrogens with zero attached hydrogens (tertiary/aromatic N) is 1. The fraction of sp³-hybridized carbons (Fsp3) is 0.667. The molecule has 0 bridgehead atoms. The van der Waals surface area contributed by atoms with Gasteiger partial charge in [-0.15, -0.1) is 0 Å². The zero-order chi connectivity index (χ0) is 13.6. The molecule has 0 aliphatic carbocycles. The molecule has 0 aliphatic heterocycles. The Kier molecular flexibility index (Phi) is 5.76. The Balaban J connectivity index is 2.75. The first kappa shape index (κ1) is 15.1.